The van der Waals surface area contributed by atoms with Crippen molar-refractivity contribution in [1.29, 1.82) is 0 Å². The second-order valence-corrected chi connectivity index (χ2v) is 5.99. The summed E-state index contributed by atoms with van der Waals surface area (Å²) in [6, 6.07) is 2.72. The number of hydrogen-bond donors (Lipinski definition) is 2. The van der Waals surface area contributed by atoms with E-state index in [9.17, 15) is 26.7 Å². The monoisotopic (exact) mass is 373 g/mol. The van der Waals surface area contributed by atoms with Gasteiger partial charge >= 0.3 is 12.1 Å². The highest BCUT2D eigenvalue weighted by atomic mass is 19.4. The molecule has 0 bridgehead atoms. The highest BCUT2D eigenvalue weighted by molar-refractivity contribution is 5.73. The Morgan fingerprint density at radius 2 is 1.81 bits per heavy atom. The molecule has 140 valence electrons. The zero-order chi connectivity index (χ0) is 19.8. The van der Waals surface area contributed by atoms with Gasteiger partial charge in [0.1, 0.15) is 11.6 Å². The minimum atomic E-state index is -5.02. The number of nitrogens with two attached hydrogens (primary N) is 1. The van der Waals surface area contributed by atoms with E-state index >= 15 is 0 Å². The number of rotatable bonds is 4. The third-order valence-corrected chi connectivity index (χ3v) is 4.10. The summed E-state index contributed by atoms with van der Waals surface area (Å²) in [7, 11) is 0. The maximum absolute atomic E-state index is 14.4. The minimum Gasteiger partial charge on any atom is -0.481 e. The van der Waals surface area contributed by atoms with Crippen LogP contribution >= 0.6 is 0 Å². The molecule has 0 radical (unpaired) electrons. The molecule has 0 fully saturated rings. The molecule has 0 amide bonds. The Balaban J connectivity index is 2.80. The fraction of sp³-hybridized carbons (Fsp3) is 0.278. The molecule has 0 saturated carbocycles. The van der Waals surface area contributed by atoms with Crippen LogP contribution in [-0.2, 0) is 11.0 Å². The molecule has 1 atom stereocenters. The second kappa shape index (κ2) is 7.03. The Kier molecular flexibility index (Phi) is 5.36. The quantitative estimate of drug-likeness (QED) is 0.761. The van der Waals surface area contributed by atoms with Crippen LogP contribution in [0.15, 0.2) is 24.3 Å². The summed E-state index contributed by atoms with van der Waals surface area (Å²) in [6.07, 6.45) is -5.77. The lowest BCUT2D eigenvalue weighted by atomic mass is 9.90. The first kappa shape index (κ1) is 19.8. The van der Waals surface area contributed by atoms with E-state index in [1.54, 1.807) is 6.92 Å². The first-order chi connectivity index (χ1) is 11.9. The van der Waals surface area contributed by atoms with Crippen LogP contribution in [0.5, 0.6) is 0 Å². The van der Waals surface area contributed by atoms with Crippen LogP contribution in [0.2, 0.25) is 0 Å². The molecular weight excluding hydrogens is 357 g/mol. The van der Waals surface area contributed by atoms with E-state index in [0.717, 1.165) is 6.07 Å². The number of alkyl halides is 3. The van der Waals surface area contributed by atoms with Gasteiger partial charge in [0.05, 0.1) is 12.0 Å². The van der Waals surface area contributed by atoms with Crippen LogP contribution < -0.4 is 5.73 Å². The van der Waals surface area contributed by atoms with Crippen molar-refractivity contribution in [2.45, 2.75) is 32.5 Å². The summed E-state index contributed by atoms with van der Waals surface area (Å²) < 4.78 is 68.0. The van der Waals surface area contributed by atoms with Gasteiger partial charge in [0, 0.05) is 11.6 Å². The highest BCUT2D eigenvalue weighted by Gasteiger charge is 2.37. The van der Waals surface area contributed by atoms with Crippen LogP contribution in [0.3, 0.4) is 0 Å². The van der Waals surface area contributed by atoms with Crippen molar-refractivity contribution < 1.29 is 31.9 Å². The Labute approximate surface area is 146 Å². The summed E-state index contributed by atoms with van der Waals surface area (Å²) in [6.45, 7) is 2.97. The Morgan fingerprint density at radius 1 is 1.19 bits per heavy atom. The first-order valence-corrected chi connectivity index (χ1v) is 7.57. The lowest BCUT2D eigenvalue weighted by Gasteiger charge is -2.19. The van der Waals surface area contributed by atoms with Crippen LogP contribution in [0.25, 0.3) is 11.1 Å². The number of hydrogen-bond acceptors (Lipinski definition) is 2. The Hall–Kier alpha value is -2.48. The number of carboxylic acid groups (broad SMARTS) is 1. The topological polar surface area (TPSA) is 63.3 Å². The number of benzene rings is 2. The van der Waals surface area contributed by atoms with E-state index in [1.165, 1.54) is 19.1 Å². The predicted molar refractivity (Wildman–Crippen MR) is 85.5 cm³/mol. The number of carbonyl (C=O) groups is 1. The Bertz CT molecular complexity index is 862. The van der Waals surface area contributed by atoms with Gasteiger partial charge in [0.25, 0.3) is 0 Å². The van der Waals surface area contributed by atoms with Gasteiger partial charge in [-0.05, 0) is 54.3 Å². The molecule has 0 aliphatic carbocycles. The normalized spacial score (nSPS) is 12.9. The second-order valence-electron chi connectivity index (χ2n) is 5.99. The van der Waals surface area contributed by atoms with E-state index in [2.05, 4.69) is 0 Å². The Morgan fingerprint density at radius 3 is 2.35 bits per heavy atom. The van der Waals surface area contributed by atoms with Crippen LogP contribution in [-0.4, -0.2) is 11.1 Å². The molecule has 0 spiro atoms. The molecule has 0 unspecified atom stereocenters. The zero-order valence-corrected chi connectivity index (χ0v) is 13.9. The van der Waals surface area contributed by atoms with Gasteiger partial charge in [-0.2, -0.15) is 13.2 Å². The molecule has 0 aliphatic rings. The number of halogens is 5. The average Bonchev–Trinajstić information content (AvgIpc) is 2.50. The van der Waals surface area contributed by atoms with E-state index in [1.807, 2.05) is 0 Å². The van der Waals surface area contributed by atoms with Crippen molar-refractivity contribution in [3.05, 3.63) is 58.2 Å². The van der Waals surface area contributed by atoms with E-state index < -0.39 is 47.4 Å². The van der Waals surface area contributed by atoms with Gasteiger partial charge in [-0.25, -0.2) is 8.78 Å². The van der Waals surface area contributed by atoms with E-state index in [-0.39, 0.29) is 16.7 Å². The number of carboxylic acids is 1. The fourth-order valence-corrected chi connectivity index (χ4v) is 2.83. The minimum absolute atomic E-state index is 0.0796. The van der Waals surface area contributed by atoms with Gasteiger partial charge < -0.3 is 10.8 Å². The number of aryl methyl sites for hydroxylation is 1. The molecule has 0 saturated heterocycles. The summed E-state index contributed by atoms with van der Waals surface area (Å²) in [4.78, 5) is 10.8. The molecule has 8 heteroatoms. The maximum Gasteiger partial charge on any atom is 0.419 e. The van der Waals surface area contributed by atoms with E-state index in [4.69, 9.17) is 10.8 Å². The highest BCUT2D eigenvalue weighted by Crippen LogP contribution is 2.39. The van der Waals surface area contributed by atoms with E-state index in [0.29, 0.717) is 11.6 Å². The molecule has 0 aromatic heterocycles. The molecule has 26 heavy (non-hydrogen) atoms. The largest absolute Gasteiger partial charge is 0.481 e. The third kappa shape index (κ3) is 3.85. The molecule has 2 aromatic carbocycles. The molecule has 3 nitrogen and oxygen atoms in total. The smallest absolute Gasteiger partial charge is 0.419 e. The van der Waals surface area contributed by atoms with Gasteiger partial charge in [-0.3, -0.25) is 4.79 Å². The molecular formula is C18H16F5NO2. The summed E-state index contributed by atoms with van der Waals surface area (Å²) >= 11 is 0. The fourth-order valence-electron chi connectivity index (χ4n) is 2.83. The molecule has 0 heterocycles. The van der Waals surface area contributed by atoms with Gasteiger partial charge in [-0.15, -0.1) is 0 Å². The number of aliphatic carboxylic acids is 1. The van der Waals surface area contributed by atoms with Crippen molar-refractivity contribution in [3.63, 3.8) is 0 Å². The summed E-state index contributed by atoms with van der Waals surface area (Å²) in [5.74, 6) is -3.63. The van der Waals surface area contributed by atoms with Crippen LogP contribution in [0.4, 0.5) is 22.0 Å². The van der Waals surface area contributed by atoms with Crippen LogP contribution in [0, 0.1) is 25.5 Å². The predicted octanol–water partition coefficient (Wildman–Crippen LogP) is 4.74. The standard InChI is InChI=1S/C18H16F5NO2/c1-8-3-4-13(19)9(2)16(8)10-5-11(14(24)7-15(25)26)17(20)12(6-10)18(21,22)23/h3-6,14H,7,24H2,1-2H3,(H,25,26)/t14-/m0/s1. The van der Waals surface area contributed by atoms with Gasteiger partial charge in [0.15, 0.2) is 0 Å². The maximum atomic E-state index is 14.4. The lowest BCUT2D eigenvalue weighted by molar-refractivity contribution is -0.140. The van der Waals surface area contributed by atoms with Crippen molar-refractivity contribution >= 4 is 5.97 Å². The molecule has 2 rings (SSSR count). The van der Waals surface area contributed by atoms with Gasteiger partial charge in [0.2, 0.25) is 0 Å². The van der Waals surface area contributed by atoms with Gasteiger partial charge in [-0.1, -0.05) is 6.07 Å². The lowest BCUT2D eigenvalue weighted by Crippen LogP contribution is -2.19. The van der Waals surface area contributed by atoms with Crippen LogP contribution in [0.1, 0.15) is 34.7 Å². The van der Waals surface area contributed by atoms with Crippen molar-refractivity contribution in [2.24, 2.45) is 5.73 Å². The van der Waals surface area contributed by atoms with Crippen molar-refractivity contribution in [3.8, 4) is 11.1 Å². The first-order valence-electron chi connectivity index (χ1n) is 7.57. The SMILES string of the molecule is Cc1ccc(F)c(C)c1-c1cc([C@@H](N)CC(=O)O)c(F)c(C(F)(F)F)c1. The van der Waals surface area contributed by atoms with Crippen molar-refractivity contribution in [2.75, 3.05) is 0 Å². The molecule has 0 aliphatic heterocycles. The zero-order valence-electron chi connectivity index (χ0n) is 13.9. The molecule has 2 aromatic rings. The van der Waals surface area contributed by atoms with Crippen molar-refractivity contribution in [1.82, 2.24) is 0 Å². The average molecular weight is 373 g/mol. The summed E-state index contributed by atoms with van der Waals surface area (Å²) in [5, 5.41) is 8.80. The third-order valence-electron chi connectivity index (χ3n) is 4.10. The summed E-state index contributed by atoms with van der Waals surface area (Å²) in [5.41, 5.74) is 4.13. The molecule has 3 N–H and O–H groups in total.